The molecule has 0 aliphatic rings. The van der Waals surface area contributed by atoms with Crippen molar-refractivity contribution in [3.8, 4) is 0 Å². The number of aliphatic hydroxyl groups is 2. The quantitative estimate of drug-likeness (QED) is 0.415. The number of hydrogen-bond acceptors (Lipinski definition) is 4. The highest BCUT2D eigenvalue weighted by atomic mass is 16.5. The van der Waals surface area contributed by atoms with E-state index in [-0.39, 0.29) is 12.6 Å². The lowest BCUT2D eigenvalue weighted by Crippen LogP contribution is -2.21. The van der Waals surface area contributed by atoms with Crippen LogP contribution in [0.5, 0.6) is 0 Å². The van der Waals surface area contributed by atoms with Crippen LogP contribution in [0.25, 0.3) is 0 Å². The number of carbonyl (C=O) groups excluding carboxylic acids is 1. The lowest BCUT2D eigenvalue weighted by molar-refractivity contribution is -0.147. The standard InChI is InChI=1S/C20H34O4/c1-16(2)8-5-9-17(3)10-6-11-18(4)12-7-13-20(23)24-15-19(22)14-21/h8,10,12,19,21-22H,5-7,9,11,13-15H2,1-4H3. The van der Waals surface area contributed by atoms with Crippen LogP contribution in [0.4, 0.5) is 0 Å². The fourth-order valence-electron chi connectivity index (χ4n) is 2.09. The summed E-state index contributed by atoms with van der Waals surface area (Å²) in [4.78, 5) is 11.4. The molecule has 0 saturated carbocycles. The molecule has 2 N–H and O–H groups in total. The first-order valence-corrected chi connectivity index (χ1v) is 8.74. The molecule has 0 saturated heterocycles. The van der Waals surface area contributed by atoms with Crippen molar-refractivity contribution in [2.24, 2.45) is 0 Å². The molecule has 0 spiro atoms. The summed E-state index contributed by atoms with van der Waals surface area (Å²) in [6.45, 7) is 7.96. The number of esters is 1. The first-order chi connectivity index (χ1) is 11.3. The number of aliphatic hydroxyl groups excluding tert-OH is 2. The van der Waals surface area contributed by atoms with Gasteiger partial charge in [0.25, 0.3) is 0 Å². The largest absolute Gasteiger partial charge is 0.463 e. The van der Waals surface area contributed by atoms with E-state index >= 15 is 0 Å². The van der Waals surface area contributed by atoms with Gasteiger partial charge in [-0.15, -0.1) is 0 Å². The third-order valence-electron chi connectivity index (χ3n) is 3.61. The molecule has 0 aliphatic carbocycles. The van der Waals surface area contributed by atoms with E-state index in [4.69, 9.17) is 14.9 Å². The second-order valence-electron chi connectivity index (χ2n) is 6.52. The zero-order chi connectivity index (χ0) is 18.4. The summed E-state index contributed by atoms with van der Waals surface area (Å²) >= 11 is 0. The number of ether oxygens (including phenoxy) is 1. The van der Waals surface area contributed by atoms with Gasteiger partial charge in [-0.05, 0) is 59.8 Å². The van der Waals surface area contributed by atoms with Crippen molar-refractivity contribution in [1.29, 1.82) is 0 Å². The average Bonchev–Trinajstić information content (AvgIpc) is 2.52. The summed E-state index contributed by atoms with van der Waals surface area (Å²) in [5.41, 5.74) is 4.06. The van der Waals surface area contributed by atoms with E-state index in [0.29, 0.717) is 12.8 Å². The lowest BCUT2D eigenvalue weighted by Gasteiger charge is -2.07. The van der Waals surface area contributed by atoms with Crippen molar-refractivity contribution in [3.63, 3.8) is 0 Å². The van der Waals surface area contributed by atoms with E-state index in [1.807, 2.05) is 0 Å². The van der Waals surface area contributed by atoms with Gasteiger partial charge in [-0.3, -0.25) is 4.79 Å². The van der Waals surface area contributed by atoms with Gasteiger partial charge in [-0.25, -0.2) is 0 Å². The van der Waals surface area contributed by atoms with Crippen LogP contribution in [0.2, 0.25) is 0 Å². The summed E-state index contributed by atoms with van der Waals surface area (Å²) in [6.07, 6.45) is 10.8. The minimum Gasteiger partial charge on any atom is -0.463 e. The van der Waals surface area contributed by atoms with Crippen LogP contribution in [0, 0.1) is 0 Å². The van der Waals surface area contributed by atoms with Gasteiger partial charge in [-0.2, -0.15) is 0 Å². The topological polar surface area (TPSA) is 66.8 Å². The smallest absolute Gasteiger partial charge is 0.306 e. The maximum Gasteiger partial charge on any atom is 0.306 e. The Morgan fingerprint density at radius 2 is 1.42 bits per heavy atom. The van der Waals surface area contributed by atoms with Gasteiger partial charge >= 0.3 is 5.97 Å². The molecule has 0 radical (unpaired) electrons. The van der Waals surface area contributed by atoms with Crippen molar-refractivity contribution in [2.75, 3.05) is 13.2 Å². The molecule has 0 fully saturated rings. The summed E-state index contributed by atoms with van der Waals surface area (Å²) in [6, 6.07) is 0. The third-order valence-corrected chi connectivity index (χ3v) is 3.61. The molecule has 0 amide bonds. The van der Waals surface area contributed by atoms with Crippen LogP contribution in [-0.4, -0.2) is 35.5 Å². The molecule has 4 heteroatoms. The van der Waals surface area contributed by atoms with Crippen molar-refractivity contribution < 1.29 is 19.7 Å². The lowest BCUT2D eigenvalue weighted by atomic mass is 10.1. The van der Waals surface area contributed by atoms with Crippen LogP contribution in [0.15, 0.2) is 34.9 Å². The van der Waals surface area contributed by atoms with Crippen molar-refractivity contribution >= 4 is 5.97 Å². The minimum absolute atomic E-state index is 0.144. The summed E-state index contributed by atoms with van der Waals surface area (Å²) in [5.74, 6) is -0.346. The van der Waals surface area contributed by atoms with E-state index in [1.165, 1.54) is 16.7 Å². The normalized spacial score (nSPS) is 13.6. The second-order valence-corrected chi connectivity index (χ2v) is 6.52. The fourth-order valence-corrected chi connectivity index (χ4v) is 2.09. The van der Waals surface area contributed by atoms with E-state index in [1.54, 1.807) is 0 Å². The Labute approximate surface area is 146 Å². The first kappa shape index (κ1) is 22.6. The molecule has 4 nitrogen and oxygen atoms in total. The molecule has 1 unspecified atom stereocenters. The minimum atomic E-state index is -0.988. The van der Waals surface area contributed by atoms with Crippen LogP contribution in [0.3, 0.4) is 0 Å². The fraction of sp³-hybridized carbons (Fsp3) is 0.650. The van der Waals surface area contributed by atoms with Gasteiger partial charge in [0.2, 0.25) is 0 Å². The van der Waals surface area contributed by atoms with Crippen LogP contribution < -0.4 is 0 Å². The van der Waals surface area contributed by atoms with Gasteiger partial charge in [0.1, 0.15) is 12.7 Å². The summed E-state index contributed by atoms with van der Waals surface area (Å²) in [7, 11) is 0. The second kappa shape index (κ2) is 14.0. The molecular weight excluding hydrogens is 304 g/mol. The molecule has 138 valence electrons. The predicted molar refractivity (Wildman–Crippen MR) is 98.7 cm³/mol. The SMILES string of the molecule is CC(C)=CCCC(C)=CCCC(C)=CCCC(=O)OCC(O)CO. The Morgan fingerprint density at radius 3 is 1.92 bits per heavy atom. The zero-order valence-electron chi connectivity index (χ0n) is 15.7. The maximum atomic E-state index is 11.4. The summed E-state index contributed by atoms with van der Waals surface area (Å²) in [5, 5.41) is 17.7. The number of hydrogen-bond donors (Lipinski definition) is 2. The van der Waals surface area contributed by atoms with Gasteiger partial charge in [-0.1, -0.05) is 34.9 Å². The Morgan fingerprint density at radius 1 is 0.917 bits per heavy atom. The van der Waals surface area contributed by atoms with E-state index in [0.717, 1.165) is 25.7 Å². The Kier molecular flexibility index (Phi) is 13.2. The third kappa shape index (κ3) is 14.2. The van der Waals surface area contributed by atoms with Crippen LogP contribution in [0.1, 0.15) is 66.2 Å². The van der Waals surface area contributed by atoms with Crippen LogP contribution in [-0.2, 0) is 9.53 Å². The molecule has 0 aromatic carbocycles. The van der Waals surface area contributed by atoms with Crippen molar-refractivity contribution in [3.05, 3.63) is 34.9 Å². The Hall–Kier alpha value is -1.39. The summed E-state index contributed by atoms with van der Waals surface area (Å²) < 4.78 is 4.85. The number of rotatable bonds is 12. The van der Waals surface area contributed by atoms with Crippen molar-refractivity contribution in [2.45, 2.75) is 72.3 Å². The van der Waals surface area contributed by atoms with Crippen molar-refractivity contribution in [1.82, 2.24) is 0 Å². The number of allylic oxidation sites excluding steroid dienone is 6. The highest BCUT2D eigenvalue weighted by molar-refractivity contribution is 5.69. The molecule has 0 rings (SSSR count). The Bertz CT molecular complexity index is 443. The number of carbonyl (C=O) groups is 1. The van der Waals surface area contributed by atoms with Gasteiger partial charge in [0, 0.05) is 6.42 Å². The van der Waals surface area contributed by atoms with Gasteiger partial charge < -0.3 is 14.9 Å². The molecule has 0 aromatic heterocycles. The van der Waals surface area contributed by atoms with Gasteiger partial charge in [0.15, 0.2) is 0 Å². The van der Waals surface area contributed by atoms with Crippen LogP contribution >= 0.6 is 0 Å². The first-order valence-electron chi connectivity index (χ1n) is 8.74. The Balaban J connectivity index is 3.90. The molecule has 0 aromatic rings. The van der Waals surface area contributed by atoms with E-state index in [2.05, 4.69) is 45.9 Å². The van der Waals surface area contributed by atoms with E-state index < -0.39 is 12.7 Å². The molecule has 1 atom stereocenters. The average molecular weight is 338 g/mol. The molecule has 0 bridgehead atoms. The molecule has 0 aliphatic heterocycles. The highest BCUT2D eigenvalue weighted by Crippen LogP contribution is 2.12. The monoisotopic (exact) mass is 338 g/mol. The zero-order valence-corrected chi connectivity index (χ0v) is 15.7. The molecular formula is C20H34O4. The van der Waals surface area contributed by atoms with Gasteiger partial charge in [0.05, 0.1) is 6.61 Å². The highest BCUT2D eigenvalue weighted by Gasteiger charge is 2.06. The maximum absolute atomic E-state index is 11.4. The van der Waals surface area contributed by atoms with E-state index in [9.17, 15) is 4.79 Å². The predicted octanol–water partition coefficient (Wildman–Crippen LogP) is 4.08. The molecule has 24 heavy (non-hydrogen) atoms. The molecule has 0 heterocycles.